The molecule has 0 aliphatic rings. The number of alkyl halides is 3. The van der Waals surface area contributed by atoms with E-state index in [2.05, 4.69) is 22.4 Å². The van der Waals surface area contributed by atoms with Crippen LogP contribution in [-0.2, 0) is 17.6 Å². The van der Waals surface area contributed by atoms with E-state index >= 15 is 0 Å². The van der Waals surface area contributed by atoms with Crippen LogP contribution in [0.2, 0.25) is 0 Å². The number of halogens is 3. The third kappa shape index (κ3) is 7.04. The van der Waals surface area contributed by atoms with Gasteiger partial charge >= 0.3 is 18.1 Å². The summed E-state index contributed by atoms with van der Waals surface area (Å²) in [6, 6.07) is 23.6. The van der Waals surface area contributed by atoms with E-state index < -0.39 is 18.1 Å². The number of fused-ring (bicyclic) bond motifs is 1. The molecule has 3 aromatic carbocycles. The van der Waals surface area contributed by atoms with Gasteiger partial charge in [-0.15, -0.1) is 0 Å². The van der Waals surface area contributed by atoms with Gasteiger partial charge in [0.1, 0.15) is 0 Å². The van der Waals surface area contributed by atoms with Crippen molar-refractivity contribution in [3.63, 3.8) is 0 Å². The maximum absolute atomic E-state index is 11.7. The molecule has 0 aliphatic carbocycles. The topological polar surface area (TPSA) is 99.5 Å². The maximum Gasteiger partial charge on any atom is 0.490 e. The molecule has 0 unspecified atom stereocenters. The Morgan fingerprint density at radius 2 is 1.51 bits per heavy atom. The first-order valence-electron chi connectivity index (χ1n) is 10.4. The molecule has 0 fully saturated rings. The number of carboxylic acids is 2. The molecular weight excluding hydrogens is 461 g/mol. The molecule has 1 heterocycles. The Bertz CT molecular complexity index is 1320. The fourth-order valence-corrected chi connectivity index (χ4v) is 3.35. The SMILES string of the molecule is O=C(O)C(F)(F)F.O=C(O)c1ccc(CCc2ccccc2)cc1Nc1cccc2cnccc12. The second-order valence-electron chi connectivity index (χ2n) is 7.50. The van der Waals surface area contributed by atoms with Crippen molar-refractivity contribution in [2.24, 2.45) is 0 Å². The zero-order valence-electron chi connectivity index (χ0n) is 18.3. The Morgan fingerprint density at radius 1 is 0.829 bits per heavy atom. The third-order valence-corrected chi connectivity index (χ3v) is 5.05. The standard InChI is InChI=1S/C24H20N2O2.C2HF3O2/c27-24(28)21-12-11-18(10-9-17-5-2-1-3-6-17)15-23(21)26-22-8-4-7-19-16-25-14-13-20(19)22;3-2(4,5)1(6)7/h1-8,11-16,26H,9-10H2,(H,27,28);(H,6,7). The lowest BCUT2D eigenvalue weighted by molar-refractivity contribution is -0.192. The number of aromatic nitrogens is 1. The number of rotatable bonds is 6. The predicted molar refractivity (Wildman–Crippen MR) is 126 cm³/mol. The molecule has 0 saturated heterocycles. The van der Waals surface area contributed by atoms with Crippen LogP contribution in [0.5, 0.6) is 0 Å². The van der Waals surface area contributed by atoms with Crippen molar-refractivity contribution in [2.45, 2.75) is 19.0 Å². The van der Waals surface area contributed by atoms with Gasteiger partial charge in [0.15, 0.2) is 0 Å². The largest absolute Gasteiger partial charge is 0.490 e. The highest BCUT2D eigenvalue weighted by Gasteiger charge is 2.38. The van der Waals surface area contributed by atoms with Crippen LogP contribution < -0.4 is 5.32 Å². The lowest BCUT2D eigenvalue weighted by Gasteiger charge is -2.14. The van der Waals surface area contributed by atoms with Crippen LogP contribution in [0.1, 0.15) is 21.5 Å². The number of carboxylic acid groups (broad SMARTS) is 2. The third-order valence-electron chi connectivity index (χ3n) is 5.05. The smallest absolute Gasteiger partial charge is 0.478 e. The second kappa shape index (κ2) is 11.1. The van der Waals surface area contributed by atoms with E-state index in [9.17, 15) is 23.1 Å². The molecule has 0 saturated carbocycles. The summed E-state index contributed by atoms with van der Waals surface area (Å²) in [7, 11) is 0. The number of hydrogen-bond donors (Lipinski definition) is 3. The fourth-order valence-electron chi connectivity index (χ4n) is 3.35. The summed E-state index contributed by atoms with van der Waals surface area (Å²) in [5, 5.41) is 22.1. The number of anilines is 2. The zero-order valence-corrected chi connectivity index (χ0v) is 18.3. The van der Waals surface area contributed by atoms with Crippen LogP contribution in [0.25, 0.3) is 10.8 Å². The van der Waals surface area contributed by atoms with E-state index in [0.717, 1.165) is 34.9 Å². The van der Waals surface area contributed by atoms with Gasteiger partial charge in [-0.1, -0.05) is 48.5 Å². The molecule has 3 N–H and O–H groups in total. The molecule has 0 spiro atoms. The molecule has 0 atom stereocenters. The Hall–Kier alpha value is -4.40. The van der Waals surface area contributed by atoms with Crippen molar-refractivity contribution >= 4 is 34.1 Å². The van der Waals surface area contributed by atoms with Gasteiger partial charge in [0.2, 0.25) is 0 Å². The minimum Gasteiger partial charge on any atom is -0.478 e. The molecule has 0 aliphatic heterocycles. The average Bonchev–Trinajstić information content (AvgIpc) is 2.83. The number of nitrogens with one attached hydrogen (secondary N) is 1. The van der Waals surface area contributed by atoms with Crippen LogP contribution in [0, 0.1) is 0 Å². The van der Waals surface area contributed by atoms with Crippen LogP contribution in [0.15, 0.2) is 85.2 Å². The van der Waals surface area contributed by atoms with Crippen LogP contribution in [-0.4, -0.2) is 33.3 Å². The Kier molecular flexibility index (Phi) is 8.04. The van der Waals surface area contributed by atoms with Gasteiger partial charge in [-0.05, 0) is 48.2 Å². The zero-order chi connectivity index (χ0) is 25.4. The van der Waals surface area contributed by atoms with E-state index in [-0.39, 0.29) is 5.56 Å². The van der Waals surface area contributed by atoms with Gasteiger partial charge in [-0.2, -0.15) is 13.2 Å². The maximum atomic E-state index is 11.7. The molecule has 180 valence electrons. The monoisotopic (exact) mass is 482 g/mol. The highest BCUT2D eigenvalue weighted by atomic mass is 19.4. The van der Waals surface area contributed by atoms with Gasteiger partial charge in [0, 0.05) is 28.9 Å². The van der Waals surface area contributed by atoms with Crippen LogP contribution >= 0.6 is 0 Å². The van der Waals surface area contributed by atoms with Crippen LogP contribution in [0.3, 0.4) is 0 Å². The van der Waals surface area contributed by atoms with E-state index in [1.807, 2.05) is 54.6 Å². The summed E-state index contributed by atoms with van der Waals surface area (Å²) >= 11 is 0. The molecule has 4 aromatic rings. The summed E-state index contributed by atoms with van der Waals surface area (Å²) in [6.45, 7) is 0. The molecule has 6 nitrogen and oxygen atoms in total. The van der Waals surface area contributed by atoms with Gasteiger partial charge in [0.05, 0.1) is 11.3 Å². The molecule has 0 amide bonds. The first-order chi connectivity index (χ1) is 16.6. The lowest BCUT2D eigenvalue weighted by Crippen LogP contribution is -2.21. The highest BCUT2D eigenvalue weighted by Crippen LogP contribution is 2.28. The number of hydrogen-bond acceptors (Lipinski definition) is 4. The summed E-state index contributed by atoms with van der Waals surface area (Å²) in [5.74, 6) is -3.70. The highest BCUT2D eigenvalue weighted by molar-refractivity contribution is 5.99. The number of aliphatic carboxylic acids is 1. The summed E-state index contributed by atoms with van der Waals surface area (Å²) < 4.78 is 31.7. The first kappa shape index (κ1) is 25.2. The summed E-state index contributed by atoms with van der Waals surface area (Å²) in [6.07, 6.45) is 0.210. The summed E-state index contributed by atoms with van der Waals surface area (Å²) in [4.78, 5) is 24.8. The second-order valence-corrected chi connectivity index (χ2v) is 7.50. The van der Waals surface area contributed by atoms with E-state index in [4.69, 9.17) is 9.90 Å². The molecule has 0 radical (unpaired) electrons. The van der Waals surface area contributed by atoms with Gasteiger partial charge in [-0.25, -0.2) is 9.59 Å². The Labute approximate surface area is 198 Å². The number of aryl methyl sites for hydroxylation is 2. The van der Waals surface area contributed by atoms with Gasteiger partial charge < -0.3 is 15.5 Å². The number of carbonyl (C=O) groups is 2. The quantitative estimate of drug-likeness (QED) is 0.307. The Balaban J connectivity index is 0.000000429. The molecule has 9 heteroatoms. The van der Waals surface area contributed by atoms with E-state index in [1.54, 1.807) is 18.5 Å². The van der Waals surface area contributed by atoms with E-state index in [0.29, 0.717) is 5.69 Å². The molecule has 1 aromatic heterocycles. The van der Waals surface area contributed by atoms with Crippen LogP contribution in [0.4, 0.5) is 24.5 Å². The molecular formula is C26H21F3N2O4. The van der Waals surface area contributed by atoms with Gasteiger partial charge in [-0.3, -0.25) is 4.98 Å². The van der Waals surface area contributed by atoms with Crippen molar-refractivity contribution in [1.82, 2.24) is 4.98 Å². The number of pyridine rings is 1. The van der Waals surface area contributed by atoms with Crippen molar-refractivity contribution in [3.8, 4) is 0 Å². The molecule has 0 bridgehead atoms. The number of aromatic carboxylic acids is 1. The molecule has 35 heavy (non-hydrogen) atoms. The number of benzene rings is 3. The van der Waals surface area contributed by atoms with E-state index in [1.165, 1.54) is 5.56 Å². The number of nitrogens with zero attached hydrogens (tertiary/aromatic N) is 1. The minimum atomic E-state index is -5.08. The average molecular weight is 482 g/mol. The van der Waals surface area contributed by atoms with Crippen molar-refractivity contribution in [2.75, 3.05) is 5.32 Å². The van der Waals surface area contributed by atoms with Crippen molar-refractivity contribution in [1.29, 1.82) is 0 Å². The summed E-state index contributed by atoms with van der Waals surface area (Å²) in [5.41, 5.74) is 4.08. The molecule has 4 rings (SSSR count). The van der Waals surface area contributed by atoms with Crippen molar-refractivity contribution < 1.29 is 33.0 Å². The fraction of sp³-hybridized carbons (Fsp3) is 0.115. The Morgan fingerprint density at radius 3 is 2.17 bits per heavy atom. The van der Waals surface area contributed by atoms with Gasteiger partial charge in [0.25, 0.3) is 0 Å². The first-order valence-corrected chi connectivity index (χ1v) is 10.4. The minimum absolute atomic E-state index is 0.259. The predicted octanol–water partition coefficient (Wildman–Crippen LogP) is 6.10. The van der Waals surface area contributed by atoms with Crippen molar-refractivity contribution in [3.05, 3.63) is 102 Å². The lowest BCUT2D eigenvalue weighted by atomic mass is 10.0. The normalized spacial score (nSPS) is 10.8.